The van der Waals surface area contributed by atoms with Gasteiger partial charge in [-0.2, -0.15) is 0 Å². The van der Waals surface area contributed by atoms with E-state index < -0.39 is 59.1 Å². The molecule has 132 valence electrons. The fraction of sp³-hybridized carbons (Fsp3) is 1.00. The number of halogens is 6. The first-order valence-corrected chi connectivity index (χ1v) is 14.5. The molecule has 1 nitrogen and oxygen atoms in total. The second-order valence-corrected chi connectivity index (χ2v) is 22.5. The molecule has 0 bridgehead atoms. The van der Waals surface area contributed by atoms with Gasteiger partial charge in [0.15, 0.2) is 20.2 Å². The molecule has 1 rings (SSSR count). The van der Waals surface area contributed by atoms with E-state index in [4.69, 9.17) is 4.43 Å². The Morgan fingerprint density at radius 2 is 1.27 bits per heavy atom. The summed E-state index contributed by atoms with van der Waals surface area (Å²) in [6.07, 6.45) is -12.7. The summed E-state index contributed by atoms with van der Waals surface area (Å²) >= 11 is 0. The van der Waals surface area contributed by atoms with Crippen LogP contribution in [0.15, 0.2) is 0 Å². The molecule has 1 fully saturated rings. The van der Waals surface area contributed by atoms with Gasteiger partial charge in [0.1, 0.15) is 0 Å². The van der Waals surface area contributed by atoms with Crippen molar-refractivity contribution in [3.8, 4) is 0 Å². The Bertz CT molecular complexity index is 362. The van der Waals surface area contributed by atoms with Gasteiger partial charge in [-0.1, -0.05) is 19.1 Å². The molecular formula is C13H24F6OSi2. The number of hydrogen-bond acceptors (Lipinski definition) is 1. The van der Waals surface area contributed by atoms with E-state index in [-0.39, 0.29) is 6.42 Å². The van der Waals surface area contributed by atoms with Crippen molar-refractivity contribution in [3.63, 3.8) is 0 Å². The van der Waals surface area contributed by atoms with Crippen LogP contribution in [0.1, 0.15) is 19.3 Å². The van der Waals surface area contributed by atoms with Gasteiger partial charge in [0.25, 0.3) is 12.9 Å². The Morgan fingerprint density at radius 3 is 1.59 bits per heavy atom. The van der Waals surface area contributed by atoms with E-state index in [9.17, 15) is 26.3 Å². The predicted molar refractivity (Wildman–Crippen MR) is 79.2 cm³/mol. The van der Waals surface area contributed by atoms with E-state index in [1.54, 1.807) is 0 Å². The summed E-state index contributed by atoms with van der Waals surface area (Å²) in [7, 11) is -4.11. The van der Waals surface area contributed by atoms with Crippen molar-refractivity contribution in [1.29, 1.82) is 0 Å². The van der Waals surface area contributed by atoms with Crippen molar-refractivity contribution < 1.29 is 30.8 Å². The molecule has 1 aliphatic heterocycles. The third-order valence-corrected chi connectivity index (χ3v) is 21.5. The zero-order chi connectivity index (χ0) is 17.3. The van der Waals surface area contributed by atoms with Crippen LogP contribution in [0.25, 0.3) is 0 Å². The zero-order valence-corrected chi connectivity index (χ0v) is 15.3. The Kier molecular flexibility index (Phi) is 6.22. The van der Waals surface area contributed by atoms with Gasteiger partial charge >= 0.3 is 0 Å². The predicted octanol–water partition coefficient (Wildman–Crippen LogP) is 5.12. The number of hydrogen-bond donors (Lipinski definition) is 0. The molecule has 1 aliphatic rings. The van der Waals surface area contributed by atoms with Gasteiger partial charge in [0.2, 0.25) is 0 Å². The molecule has 0 spiro atoms. The molecule has 9 heteroatoms. The fourth-order valence-electron chi connectivity index (χ4n) is 2.83. The summed E-state index contributed by atoms with van der Waals surface area (Å²) < 4.78 is 83.2. The van der Waals surface area contributed by atoms with Crippen molar-refractivity contribution >= 4 is 15.4 Å². The van der Waals surface area contributed by atoms with Crippen molar-refractivity contribution in [2.75, 3.05) is 0 Å². The lowest BCUT2D eigenvalue weighted by Gasteiger charge is -2.53. The molecular weight excluding hydrogens is 342 g/mol. The molecule has 0 radical (unpaired) electrons. The van der Waals surface area contributed by atoms with Crippen LogP contribution < -0.4 is 0 Å². The van der Waals surface area contributed by atoms with Crippen LogP contribution in [-0.4, -0.2) is 46.2 Å². The minimum absolute atomic E-state index is 0.170. The first-order valence-electron chi connectivity index (χ1n) is 7.36. The number of alkyl halides is 6. The standard InChI is InChI=1S/C13H24F6OSi2/c1-21(2)6-5-13(20-22(21,3)4,7-9(14)11(16)17)8-10(15)12(18)19/h9-12H,5-8H2,1-4H3. The lowest BCUT2D eigenvalue weighted by atomic mass is 9.88. The minimum Gasteiger partial charge on any atom is -0.414 e. The highest BCUT2D eigenvalue weighted by atomic mass is 29.3. The first kappa shape index (κ1) is 20.0. The topological polar surface area (TPSA) is 9.23 Å². The summed E-state index contributed by atoms with van der Waals surface area (Å²) in [6.45, 7) is 7.95. The van der Waals surface area contributed by atoms with Gasteiger partial charge in [-0.15, -0.1) is 0 Å². The SMILES string of the molecule is C[Si]1(C)CCC(CC(F)C(F)F)(CC(F)C(F)F)O[Si]1(C)C. The van der Waals surface area contributed by atoms with Gasteiger partial charge in [0.05, 0.1) is 13.2 Å². The lowest BCUT2D eigenvalue weighted by molar-refractivity contribution is -0.0625. The van der Waals surface area contributed by atoms with Crippen LogP contribution in [0, 0.1) is 0 Å². The van der Waals surface area contributed by atoms with Crippen molar-refractivity contribution in [1.82, 2.24) is 0 Å². The highest BCUT2D eigenvalue weighted by molar-refractivity contribution is 7.38. The van der Waals surface area contributed by atoms with E-state index >= 15 is 0 Å². The third kappa shape index (κ3) is 4.50. The Hall–Kier alpha value is -0.0262. The molecule has 2 unspecified atom stereocenters. The highest BCUT2D eigenvalue weighted by Crippen LogP contribution is 2.45. The van der Waals surface area contributed by atoms with Gasteiger partial charge < -0.3 is 4.43 Å². The molecule has 0 aromatic heterocycles. The van der Waals surface area contributed by atoms with Gasteiger partial charge in [-0.25, -0.2) is 26.3 Å². The molecule has 0 N–H and O–H groups in total. The average molecular weight is 366 g/mol. The van der Waals surface area contributed by atoms with E-state index in [1.165, 1.54) is 0 Å². The largest absolute Gasteiger partial charge is 0.414 e. The second kappa shape index (κ2) is 6.84. The quantitative estimate of drug-likeness (QED) is 0.468. The molecule has 0 saturated carbocycles. The van der Waals surface area contributed by atoms with Gasteiger partial charge in [-0.3, -0.25) is 0 Å². The molecule has 1 saturated heterocycles. The normalized spacial score (nSPS) is 30.5. The maximum atomic E-state index is 13.5. The Labute approximate surface area is 129 Å². The summed E-state index contributed by atoms with van der Waals surface area (Å²) in [4.78, 5) is 0. The highest BCUT2D eigenvalue weighted by Gasteiger charge is 2.55. The van der Waals surface area contributed by atoms with Crippen LogP contribution in [0.5, 0.6) is 0 Å². The van der Waals surface area contributed by atoms with Crippen LogP contribution in [0.3, 0.4) is 0 Å². The first-order chi connectivity index (χ1) is 9.82. The van der Waals surface area contributed by atoms with Crippen molar-refractivity contribution in [2.24, 2.45) is 0 Å². The Balaban J connectivity index is 3.02. The van der Waals surface area contributed by atoms with Gasteiger partial charge in [-0.05, 0) is 19.5 Å². The molecule has 0 aliphatic carbocycles. The maximum absolute atomic E-state index is 13.5. The lowest BCUT2D eigenvalue weighted by Crippen LogP contribution is -2.66. The van der Waals surface area contributed by atoms with Crippen LogP contribution in [0.4, 0.5) is 26.3 Å². The van der Waals surface area contributed by atoms with Crippen molar-refractivity contribution in [2.45, 2.75) is 82.3 Å². The third-order valence-electron chi connectivity index (χ3n) is 4.99. The maximum Gasteiger partial charge on any atom is 0.269 e. The summed E-state index contributed by atoms with van der Waals surface area (Å²) in [6, 6.07) is 0.651. The van der Waals surface area contributed by atoms with Crippen LogP contribution in [-0.2, 0) is 4.43 Å². The number of rotatable bonds is 6. The van der Waals surface area contributed by atoms with E-state index in [1.807, 2.05) is 13.1 Å². The summed E-state index contributed by atoms with van der Waals surface area (Å²) in [5.41, 5.74) is -1.54. The summed E-state index contributed by atoms with van der Waals surface area (Å²) in [5.74, 6) is 0. The van der Waals surface area contributed by atoms with Crippen molar-refractivity contribution in [3.05, 3.63) is 0 Å². The van der Waals surface area contributed by atoms with E-state index in [0.29, 0.717) is 6.04 Å². The smallest absolute Gasteiger partial charge is 0.269 e. The monoisotopic (exact) mass is 366 g/mol. The van der Waals surface area contributed by atoms with Crippen LogP contribution >= 0.6 is 0 Å². The summed E-state index contributed by atoms with van der Waals surface area (Å²) in [5, 5.41) is 0. The molecule has 2 atom stereocenters. The molecule has 22 heavy (non-hydrogen) atoms. The molecule has 1 heterocycles. The molecule has 0 aromatic carbocycles. The zero-order valence-electron chi connectivity index (χ0n) is 13.3. The average Bonchev–Trinajstić information content (AvgIpc) is 2.34. The Morgan fingerprint density at radius 1 is 0.864 bits per heavy atom. The molecule has 0 amide bonds. The minimum atomic E-state index is -3.22. The van der Waals surface area contributed by atoms with E-state index in [0.717, 1.165) is 0 Å². The van der Waals surface area contributed by atoms with Gasteiger partial charge in [0, 0.05) is 12.8 Å². The second-order valence-electron chi connectivity index (χ2n) is 7.29. The molecule has 0 aromatic rings. The fourth-order valence-corrected chi connectivity index (χ4v) is 9.80. The van der Waals surface area contributed by atoms with Crippen LogP contribution in [0.2, 0.25) is 32.2 Å². The van der Waals surface area contributed by atoms with E-state index in [2.05, 4.69) is 13.1 Å².